The predicted molar refractivity (Wildman–Crippen MR) is 145 cm³/mol. The molecule has 0 radical (unpaired) electrons. The summed E-state index contributed by atoms with van der Waals surface area (Å²) in [4.78, 5) is 23.4. The van der Waals surface area contributed by atoms with E-state index in [4.69, 9.17) is 18.9 Å². The van der Waals surface area contributed by atoms with Gasteiger partial charge in [0, 0.05) is 55.5 Å². The molecule has 3 aromatic rings. The second-order valence-electron chi connectivity index (χ2n) is 8.66. The highest BCUT2D eigenvalue weighted by Gasteiger charge is 2.14. The Bertz CT molecular complexity index is 1240. The van der Waals surface area contributed by atoms with Crippen molar-refractivity contribution in [3.8, 4) is 11.5 Å². The van der Waals surface area contributed by atoms with E-state index in [0.717, 1.165) is 0 Å². The molecule has 9 nitrogen and oxygen atoms in total. The van der Waals surface area contributed by atoms with Crippen LogP contribution in [0.1, 0.15) is 12.5 Å². The number of nitrogens with zero attached hydrogens (tertiary/aromatic N) is 3. The number of carbonyl (C=O) groups is 1. The number of hydrogen-bond donors (Lipinski definition) is 1. The normalized spacial score (nSPS) is 11.4. The highest BCUT2D eigenvalue weighted by atomic mass is 19.1. The summed E-state index contributed by atoms with van der Waals surface area (Å²) in [5.41, 5.74) is 1.80. The maximum absolute atomic E-state index is 14.6. The number of ether oxygens (including phenoxy) is 4. The first kappa shape index (κ1) is 29.0. The summed E-state index contributed by atoms with van der Waals surface area (Å²) in [7, 11) is 5.42. The molecule has 1 heterocycles. The monoisotopic (exact) mass is 526 g/mol. The minimum Gasteiger partial charge on any atom is -0.491 e. The van der Waals surface area contributed by atoms with Gasteiger partial charge in [0.15, 0.2) is 17.3 Å². The van der Waals surface area contributed by atoms with Gasteiger partial charge in [-0.1, -0.05) is 6.08 Å². The number of halogens is 1. The first-order valence-corrected chi connectivity index (χ1v) is 12.4. The lowest BCUT2D eigenvalue weighted by molar-refractivity contribution is -0.114. The molecule has 2 aromatic carbocycles. The number of rotatable bonds is 16. The highest BCUT2D eigenvalue weighted by Crippen LogP contribution is 2.31. The SMILES string of the molecule is CCOCCOc1cc2ncnc(Nc3ccc(OCCOC)c(F)c3)c2cc1CC(=O)/C=C/CN(C)C. The van der Waals surface area contributed by atoms with Gasteiger partial charge in [0.2, 0.25) is 0 Å². The van der Waals surface area contributed by atoms with Crippen molar-refractivity contribution < 1.29 is 28.1 Å². The van der Waals surface area contributed by atoms with E-state index in [1.54, 1.807) is 31.4 Å². The Morgan fingerprint density at radius 1 is 1.05 bits per heavy atom. The van der Waals surface area contributed by atoms with Crippen LogP contribution in [-0.2, 0) is 20.7 Å². The van der Waals surface area contributed by atoms with Crippen LogP contribution in [0.2, 0.25) is 0 Å². The maximum atomic E-state index is 14.6. The Kier molecular flexibility index (Phi) is 11.4. The molecule has 1 aromatic heterocycles. The number of fused-ring (bicyclic) bond motifs is 1. The molecule has 10 heteroatoms. The standard InChI is InChI=1S/C28H35FN4O5/c1-5-36-12-14-38-27-18-25-23(16-20(27)15-22(34)7-6-10-33(2)3)28(31-19-30-25)32-21-8-9-26(24(29)17-21)37-13-11-35-4/h6-9,16-19H,5,10-15H2,1-4H3,(H,30,31,32)/b7-6+. The molecule has 3 rings (SSSR count). The van der Waals surface area contributed by atoms with Crippen molar-refractivity contribution >= 4 is 28.2 Å². The third kappa shape index (κ3) is 8.76. The average molecular weight is 527 g/mol. The third-order valence-corrected chi connectivity index (χ3v) is 5.39. The number of ketones is 1. The van der Waals surface area contributed by atoms with Crippen molar-refractivity contribution in [1.29, 1.82) is 0 Å². The van der Waals surface area contributed by atoms with Crippen LogP contribution >= 0.6 is 0 Å². The number of likely N-dealkylation sites (N-methyl/N-ethyl adjacent to an activating group) is 1. The van der Waals surface area contributed by atoms with Crippen molar-refractivity contribution in [3.63, 3.8) is 0 Å². The lowest BCUT2D eigenvalue weighted by Crippen LogP contribution is -2.12. The van der Waals surface area contributed by atoms with Crippen molar-refractivity contribution in [3.05, 3.63) is 60.2 Å². The zero-order valence-electron chi connectivity index (χ0n) is 22.3. The van der Waals surface area contributed by atoms with E-state index >= 15 is 0 Å². The van der Waals surface area contributed by atoms with E-state index in [2.05, 4.69) is 15.3 Å². The summed E-state index contributed by atoms with van der Waals surface area (Å²) < 4.78 is 36.2. The van der Waals surface area contributed by atoms with E-state index in [-0.39, 0.29) is 24.6 Å². The minimum absolute atomic E-state index is 0.0571. The molecular formula is C28H35FN4O5. The Morgan fingerprint density at radius 3 is 2.58 bits per heavy atom. The van der Waals surface area contributed by atoms with E-state index in [1.807, 2.05) is 38.1 Å². The molecule has 38 heavy (non-hydrogen) atoms. The molecule has 204 valence electrons. The number of aromatic nitrogens is 2. The zero-order valence-corrected chi connectivity index (χ0v) is 22.3. The number of benzene rings is 2. The fourth-order valence-corrected chi connectivity index (χ4v) is 3.56. The quantitative estimate of drug-likeness (QED) is 0.218. The van der Waals surface area contributed by atoms with Gasteiger partial charge in [-0.2, -0.15) is 0 Å². The molecule has 1 N–H and O–H groups in total. The Balaban J connectivity index is 1.88. The zero-order chi connectivity index (χ0) is 27.3. The number of nitrogens with one attached hydrogen (secondary N) is 1. The topological polar surface area (TPSA) is 95.0 Å². The summed E-state index contributed by atoms with van der Waals surface area (Å²) in [6.07, 6.45) is 4.96. The number of hydrogen-bond acceptors (Lipinski definition) is 9. The van der Waals surface area contributed by atoms with E-state index in [9.17, 15) is 9.18 Å². The molecule has 0 bridgehead atoms. The van der Waals surface area contributed by atoms with E-state index in [1.165, 1.54) is 12.4 Å². The minimum atomic E-state index is -0.509. The second-order valence-corrected chi connectivity index (χ2v) is 8.66. The van der Waals surface area contributed by atoms with Crippen LogP contribution in [0.3, 0.4) is 0 Å². The molecule has 0 atom stereocenters. The van der Waals surface area contributed by atoms with Crippen molar-refractivity contribution in [2.75, 3.05) is 66.1 Å². The van der Waals surface area contributed by atoms with Crippen LogP contribution in [0.4, 0.5) is 15.9 Å². The van der Waals surface area contributed by atoms with Gasteiger partial charge in [0.1, 0.15) is 31.1 Å². The van der Waals surface area contributed by atoms with Gasteiger partial charge >= 0.3 is 0 Å². The van der Waals surface area contributed by atoms with Crippen LogP contribution < -0.4 is 14.8 Å². The Morgan fingerprint density at radius 2 is 1.84 bits per heavy atom. The van der Waals surface area contributed by atoms with E-state index < -0.39 is 5.82 Å². The first-order chi connectivity index (χ1) is 18.4. The number of allylic oxidation sites excluding steroid dienone is 1. The molecular weight excluding hydrogens is 491 g/mol. The molecule has 0 aliphatic carbocycles. The number of anilines is 2. The fraction of sp³-hybridized carbons (Fsp3) is 0.393. The second kappa shape index (κ2) is 15.0. The lowest BCUT2D eigenvalue weighted by Gasteiger charge is -2.15. The van der Waals surface area contributed by atoms with Crippen LogP contribution in [0, 0.1) is 5.82 Å². The summed E-state index contributed by atoms with van der Waals surface area (Å²) in [5, 5.41) is 3.82. The number of carbonyl (C=O) groups excluding carboxylic acids is 1. The maximum Gasteiger partial charge on any atom is 0.167 e. The van der Waals surface area contributed by atoms with Crippen molar-refractivity contribution in [2.45, 2.75) is 13.3 Å². The van der Waals surface area contributed by atoms with Gasteiger partial charge in [-0.3, -0.25) is 4.79 Å². The molecule has 0 saturated carbocycles. The van der Waals surface area contributed by atoms with Crippen LogP contribution in [-0.4, -0.2) is 81.4 Å². The summed E-state index contributed by atoms with van der Waals surface area (Å²) in [6.45, 7) is 4.54. The van der Waals surface area contributed by atoms with Crippen LogP contribution in [0.15, 0.2) is 48.8 Å². The fourth-order valence-electron chi connectivity index (χ4n) is 3.56. The highest BCUT2D eigenvalue weighted by molar-refractivity contribution is 5.96. The van der Waals surface area contributed by atoms with E-state index in [0.29, 0.717) is 66.7 Å². The molecule has 0 fully saturated rings. The lowest BCUT2D eigenvalue weighted by atomic mass is 10.0. The van der Waals surface area contributed by atoms with Crippen molar-refractivity contribution in [1.82, 2.24) is 14.9 Å². The third-order valence-electron chi connectivity index (χ3n) is 5.39. The van der Waals surface area contributed by atoms with Gasteiger partial charge in [-0.05, 0) is 45.3 Å². The van der Waals surface area contributed by atoms with Gasteiger partial charge in [0.05, 0.1) is 18.7 Å². The van der Waals surface area contributed by atoms with Gasteiger partial charge < -0.3 is 29.2 Å². The Hall–Kier alpha value is -3.60. The average Bonchev–Trinajstić information content (AvgIpc) is 2.88. The Labute approximate surface area is 222 Å². The first-order valence-electron chi connectivity index (χ1n) is 12.4. The molecule has 0 aliphatic rings. The predicted octanol–water partition coefficient (Wildman–Crippen LogP) is 4.18. The summed E-state index contributed by atoms with van der Waals surface area (Å²) in [6, 6.07) is 8.20. The molecule has 0 spiro atoms. The summed E-state index contributed by atoms with van der Waals surface area (Å²) in [5.74, 6) is 0.598. The molecule has 0 saturated heterocycles. The molecule has 0 aliphatic heterocycles. The van der Waals surface area contributed by atoms with Gasteiger partial charge in [-0.15, -0.1) is 0 Å². The van der Waals surface area contributed by atoms with Crippen LogP contribution in [0.25, 0.3) is 10.9 Å². The largest absolute Gasteiger partial charge is 0.491 e. The molecule has 0 unspecified atom stereocenters. The van der Waals surface area contributed by atoms with Crippen LogP contribution in [0.5, 0.6) is 11.5 Å². The number of methoxy groups -OCH3 is 1. The molecule has 0 amide bonds. The smallest absolute Gasteiger partial charge is 0.167 e. The van der Waals surface area contributed by atoms with Crippen molar-refractivity contribution in [2.24, 2.45) is 0 Å². The van der Waals surface area contributed by atoms with Gasteiger partial charge in [-0.25, -0.2) is 14.4 Å². The summed E-state index contributed by atoms with van der Waals surface area (Å²) >= 11 is 0. The van der Waals surface area contributed by atoms with Gasteiger partial charge in [0.25, 0.3) is 0 Å².